The van der Waals surface area contributed by atoms with Gasteiger partial charge in [-0.3, -0.25) is 20.5 Å². The van der Waals surface area contributed by atoms with E-state index in [1.54, 1.807) is 32.5 Å². The lowest BCUT2D eigenvalue weighted by atomic mass is 9.74. The number of nitrogens with one attached hydrogen (secondary N) is 4. The molecule has 0 aliphatic carbocycles. The van der Waals surface area contributed by atoms with Crippen LogP contribution in [0, 0.1) is 11.3 Å². The van der Waals surface area contributed by atoms with Gasteiger partial charge in [-0.15, -0.1) is 0 Å². The number of rotatable bonds is 10. The number of nitrogens with zero attached hydrogens (tertiary/aromatic N) is 3. The van der Waals surface area contributed by atoms with Gasteiger partial charge in [-0.25, -0.2) is 4.79 Å². The van der Waals surface area contributed by atoms with E-state index < -0.39 is 23.2 Å². The van der Waals surface area contributed by atoms with Crippen LogP contribution in [0.25, 0.3) is 0 Å². The number of methoxy groups -OCH3 is 1. The Hall–Kier alpha value is -3.31. The zero-order valence-corrected chi connectivity index (χ0v) is 22.5. The Labute approximate surface area is 221 Å². The number of amides is 1. The Morgan fingerprint density at radius 3 is 2.49 bits per heavy atom. The molecule has 11 nitrogen and oxygen atoms in total. The van der Waals surface area contributed by atoms with Crippen LogP contribution in [-0.4, -0.2) is 67.8 Å². The molecule has 0 aromatic heterocycles. The molecule has 0 bridgehead atoms. The number of halogens is 1. The van der Waals surface area contributed by atoms with Gasteiger partial charge in [0.05, 0.1) is 24.3 Å². The lowest BCUT2D eigenvalue weighted by Gasteiger charge is -2.49. The minimum absolute atomic E-state index is 0.158. The van der Waals surface area contributed by atoms with Gasteiger partial charge in [0.15, 0.2) is 0 Å². The van der Waals surface area contributed by atoms with Gasteiger partial charge < -0.3 is 20.1 Å². The fraction of sp³-hybridized carbons (Fsp3) is 0.520. The van der Waals surface area contributed by atoms with Crippen LogP contribution in [0.4, 0.5) is 0 Å². The Morgan fingerprint density at radius 2 is 1.92 bits per heavy atom. The van der Waals surface area contributed by atoms with E-state index in [4.69, 9.17) is 21.1 Å². The molecule has 1 atom stereocenters. The van der Waals surface area contributed by atoms with Crippen molar-refractivity contribution in [3.8, 4) is 5.75 Å². The summed E-state index contributed by atoms with van der Waals surface area (Å²) in [7, 11) is 1.56. The summed E-state index contributed by atoms with van der Waals surface area (Å²) in [6.07, 6.45) is 3.50. The molecule has 3 aliphatic heterocycles. The maximum atomic E-state index is 13.8. The standard InChI is InChI=1S/C25H34ClN7O4/c1-6-33-12-17(22(34)30-20(15(3)4)23(35)37-7-2)21(24-13-28-31-25(24,33)32-29-14-24)27-11-16-8-9-19(36-5)18(26)10-16/h8-10,13-15,20,27,31-32H,6-7,11-12H2,1-5H3,(H,30,34)/t20-,24?,25?/m0/s1. The molecule has 1 aromatic rings. The van der Waals surface area contributed by atoms with Gasteiger partial charge in [0.25, 0.3) is 5.91 Å². The first kappa shape index (κ1) is 26.7. The molecule has 0 saturated carbocycles. The van der Waals surface area contributed by atoms with Crippen LogP contribution in [0.5, 0.6) is 5.75 Å². The monoisotopic (exact) mass is 531 g/mol. The van der Waals surface area contributed by atoms with Gasteiger partial charge in [-0.1, -0.05) is 38.4 Å². The number of esters is 1. The van der Waals surface area contributed by atoms with Crippen molar-refractivity contribution in [2.75, 3.05) is 26.8 Å². The van der Waals surface area contributed by atoms with Crippen LogP contribution < -0.4 is 26.2 Å². The zero-order chi connectivity index (χ0) is 26.8. The van der Waals surface area contributed by atoms with Crippen LogP contribution in [0.15, 0.2) is 39.7 Å². The van der Waals surface area contributed by atoms with Gasteiger partial charge in [0, 0.05) is 31.2 Å². The third-order valence-electron chi connectivity index (χ3n) is 6.96. The highest BCUT2D eigenvalue weighted by molar-refractivity contribution is 6.32. The largest absolute Gasteiger partial charge is 0.495 e. The molecule has 0 radical (unpaired) electrons. The molecule has 12 heteroatoms. The highest BCUT2D eigenvalue weighted by atomic mass is 35.5. The number of carbonyl (C=O) groups is 2. The van der Waals surface area contributed by atoms with E-state index in [0.29, 0.717) is 35.1 Å². The molecule has 37 heavy (non-hydrogen) atoms. The molecule has 1 amide bonds. The molecule has 4 rings (SSSR count). The number of hydrazone groups is 2. The molecule has 0 saturated heterocycles. The average Bonchev–Trinajstić information content (AvgIpc) is 3.43. The Balaban J connectivity index is 1.74. The predicted octanol–water partition coefficient (Wildman–Crippen LogP) is 1.55. The number of benzene rings is 1. The van der Waals surface area contributed by atoms with Crippen molar-refractivity contribution >= 4 is 35.9 Å². The van der Waals surface area contributed by atoms with E-state index in [1.165, 1.54) is 0 Å². The summed E-state index contributed by atoms with van der Waals surface area (Å²) in [4.78, 5) is 28.5. The van der Waals surface area contributed by atoms with E-state index in [9.17, 15) is 9.59 Å². The zero-order valence-electron chi connectivity index (χ0n) is 21.7. The minimum Gasteiger partial charge on any atom is -0.495 e. The van der Waals surface area contributed by atoms with E-state index in [1.807, 2.05) is 32.9 Å². The molecule has 0 spiro atoms. The number of likely N-dealkylation sites (N-methyl/N-ethyl adjacent to an activating group) is 1. The molecule has 0 fully saturated rings. The molecule has 1 aromatic carbocycles. The summed E-state index contributed by atoms with van der Waals surface area (Å²) in [5, 5.41) is 15.6. The van der Waals surface area contributed by atoms with Crippen molar-refractivity contribution in [3.63, 3.8) is 0 Å². The van der Waals surface area contributed by atoms with Crippen molar-refractivity contribution in [2.45, 2.75) is 46.1 Å². The number of hydrogen-bond acceptors (Lipinski definition) is 10. The van der Waals surface area contributed by atoms with Crippen LogP contribution in [0.1, 0.15) is 33.3 Å². The average molecular weight is 532 g/mol. The van der Waals surface area contributed by atoms with Crippen molar-refractivity contribution in [3.05, 3.63) is 40.1 Å². The fourth-order valence-electron chi connectivity index (χ4n) is 4.99. The van der Waals surface area contributed by atoms with Crippen molar-refractivity contribution in [2.24, 2.45) is 21.5 Å². The Kier molecular flexibility index (Phi) is 7.65. The molecule has 3 heterocycles. The van der Waals surface area contributed by atoms with Crippen LogP contribution in [0.2, 0.25) is 5.02 Å². The molecule has 0 unspecified atom stereocenters. The van der Waals surface area contributed by atoms with Crippen molar-refractivity contribution in [1.82, 2.24) is 26.4 Å². The van der Waals surface area contributed by atoms with Gasteiger partial charge >= 0.3 is 5.97 Å². The second kappa shape index (κ2) is 10.6. The second-order valence-electron chi connectivity index (χ2n) is 9.46. The van der Waals surface area contributed by atoms with Gasteiger partial charge in [-0.2, -0.15) is 10.2 Å². The summed E-state index contributed by atoms with van der Waals surface area (Å²) in [6, 6.07) is 4.73. The van der Waals surface area contributed by atoms with Crippen molar-refractivity contribution in [1.29, 1.82) is 0 Å². The van der Waals surface area contributed by atoms with E-state index in [2.05, 4.69) is 36.6 Å². The van der Waals surface area contributed by atoms with Crippen molar-refractivity contribution < 1.29 is 19.1 Å². The predicted molar refractivity (Wildman–Crippen MR) is 141 cm³/mol. The topological polar surface area (TPSA) is 129 Å². The van der Waals surface area contributed by atoms with E-state index >= 15 is 0 Å². The summed E-state index contributed by atoms with van der Waals surface area (Å²) < 4.78 is 10.5. The summed E-state index contributed by atoms with van der Waals surface area (Å²) in [5.74, 6) is -1.25. The van der Waals surface area contributed by atoms with E-state index in [0.717, 1.165) is 5.56 Å². The molecule has 3 aliphatic rings. The third kappa shape index (κ3) is 4.50. The van der Waals surface area contributed by atoms with Gasteiger partial charge in [0.1, 0.15) is 17.2 Å². The number of ether oxygens (including phenoxy) is 2. The molecule has 200 valence electrons. The SMILES string of the molecule is CCOC(=O)[C@@H](NC(=O)C1=C(NCc2ccc(OC)c(Cl)c2)C23C=NNC2(NN=C3)N(CC)C1)C(C)C. The maximum absolute atomic E-state index is 13.8. The summed E-state index contributed by atoms with van der Waals surface area (Å²) in [6.45, 7) is 8.99. The van der Waals surface area contributed by atoms with Crippen LogP contribution in [0.3, 0.4) is 0 Å². The highest BCUT2D eigenvalue weighted by Crippen LogP contribution is 2.46. The van der Waals surface area contributed by atoms with Gasteiger partial charge in [0.2, 0.25) is 5.79 Å². The first-order valence-electron chi connectivity index (χ1n) is 12.4. The lowest BCUT2D eigenvalue weighted by Crippen LogP contribution is -2.73. The molecule has 4 N–H and O–H groups in total. The number of hydrogen-bond donors (Lipinski definition) is 4. The smallest absolute Gasteiger partial charge is 0.328 e. The lowest BCUT2D eigenvalue weighted by molar-refractivity contribution is -0.148. The Bertz CT molecular complexity index is 1130. The highest BCUT2D eigenvalue weighted by Gasteiger charge is 2.65. The minimum atomic E-state index is -0.887. The van der Waals surface area contributed by atoms with Crippen LogP contribution in [-0.2, 0) is 20.9 Å². The molecular formula is C25H34ClN7O4. The summed E-state index contributed by atoms with van der Waals surface area (Å²) in [5.41, 5.74) is 7.48. The fourth-order valence-corrected chi connectivity index (χ4v) is 5.27. The first-order valence-corrected chi connectivity index (χ1v) is 12.8. The number of carbonyl (C=O) groups excluding carboxylic acids is 2. The maximum Gasteiger partial charge on any atom is 0.328 e. The van der Waals surface area contributed by atoms with Crippen LogP contribution >= 0.6 is 11.6 Å². The normalized spacial score (nSPS) is 24.7. The quantitative estimate of drug-likeness (QED) is 0.335. The van der Waals surface area contributed by atoms with E-state index in [-0.39, 0.29) is 25.0 Å². The molecular weight excluding hydrogens is 498 g/mol. The first-order chi connectivity index (χ1) is 17.7. The third-order valence-corrected chi connectivity index (χ3v) is 7.26. The second-order valence-corrected chi connectivity index (χ2v) is 9.86. The van der Waals surface area contributed by atoms with Gasteiger partial charge in [-0.05, 0) is 37.1 Å². The summed E-state index contributed by atoms with van der Waals surface area (Å²) >= 11 is 6.34. The Morgan fingerprint density at radius 1 is 1.22 bits per heavy atom.